The van der Waals surface area contributed by atoms with Crippen molar-refractivity contribution in [1.82, 2.24) is 10.6 Å². The highest BCUT2D eigenvalue weighted by Gasteiger charge is 2.40. The van der Waals surface area contributed by atoms with Crippen LogP contribution in [0.1, 0.15) is 48.5 Å². The van der Waals surface area contributed by atoms with Gasteiger partial charge in [0.2, 0.25) is 0 Å². The fraction of sp³-hybridized carbons (Fsp3) is 0.500. The molecule has 0 radical (unpaired) electrons. The van der Waals surface area contributed by atoms with E-state index in [1.165, 1.54) is 12.0 Å². The summed E-state index contributed by atoms with van der Waals surface area (Å²) in [6.07, 6.45) is 4.10. The Morgan fingerprint density at radius 3 is 2.91 bits per heavy atom. The Hall–Kier alpha value is -1.81. The third-order valence-electron chi connectivity index (χ3n) is 5.14. The van der Waals surface area contributed by atoms with Crippen molar-refractivity contribution < 1.29 is 9.21 Å². The molecule has 2 bridgehead atoms. The number of rotatable bonds is 3. The molecule has 2 aliphatic rings. The van der Waals surface area contributed by atoms with Crippen LogP contribution >= 0.6 is 0 Å². The van der Waals surface area contributed by atoms with Crippen molar-refractivity contribution in [2.75, 3.05) is 6.54 Å². The summed E-state index contributed by atoms with van der Waals surface area (Å²) in [5.41, 5.74) is 2.67. The van der Waals surface area contributed by atoms with Gasteiger partial charge in [-0.15, -0.1) is 0 Å². The Morgan fingerprint density at radius 1 is 1.36 bits per heavy atom. The summed E-state index contributed by atoms with van der Waals surface area (Å²) in [5.74, 6) is 1.15. The third kappa shape index (κ3) is 2.22. The molecule has 2 aromatic rings. The van der Waals surface area contributed by atoms with E-state index in [9.17, 15) is 4.79 Å². The first kappa shape index (κ1) is 13.8. The van der Waals surface area contributed by atoms with E-state index in [-0.39, 0.29) is 11.9 Å². The van der Waals surface area contributed by atoms with Crippen LogP contribution in [0.25, 0.3) is 11.0 Å². The minimum absolute atomic E-state index is 0.00347. The van der Waals surface area contributed by atoms with Crippen LogP contribution in [0, 0.1) is 5.92 Å². The number of amides is 1. The lowest BCUT2D eigenvalue weighted by molar-refractivity contribution is 0.0928. The van der Waals surface area contributed by atoms with Gasteiger partial charge >= 0.3 is 0 Å². The summed E-state index contributed by atoms with van der Waals surface area (Å²) in [5, 5.41) is 7.76. The summed E-state index contributed by atoms with van der Waals surface area (Å²) >= 11 is 0. The first-order chi connectivity index (χ1) is 10.6. The first-order valence-electron chi connectivity index (χ1n) is 8.17. The molecule has 1 saturated heterocycles. The number of benzene rings is 1. The van der Waals surface area contributed by atoms with E-state index in [0.717, 1.165) is 29.9 Å². The van der Waals surface area contributed by atoms with Gasteiger partial charge in [0.25, 0.3) is 5.91 Å². The minimum atomic E-state index is 0.00347. The Balaban J connectivity index is 1.54. The van der Waals surface area contributed by atoms with Crippen LogP contribution in [0.2, 0.25) is 0 Å². The molecule has 1 aliphatic heterocycles. The first-order valence-corrected chi connectivity index (χ1v) is 8.17. The van der Waals surface area contributed by atoms with Crippen molar-refractivity contribution in [2.45, 2.75) is 44.7 Å². The lowest BCUT2D eigenvalue weighted by Gasteiger charge is -2.23. The number of piperidine rings is 1. The molecular formula is C18H22N2O2. The van der Waals surface area contributed by atoms with Gasteiger partial charge in [-0.2, -0.15) is 0 Å². The summed E-state index contributed by atoms with van der Waals surface area (Å²) in [4.78, 5) is 12.5. The van der Waals surface area contributed by atoms with Crippen molar-refractivity contribution in [3.63, 3.8) is 0 Å². The van der Waals surface area contributed by atoms with Gasteiger partial charge < -0.3 is 15.1 Å². The number of furan rings is 1. The predicted octanol–water partition coefficient (Wildman–Crippen LogP) is 3.04. The standard InChI is InChI=1S/C18H22N2O2/c1-10(2)14-9-22-17-7-12(3-4-13(14)17)18(21)20-16-6-11-5-15(16)19-8-11/h3-4,7,9-11,15-16,19H,5-6,8H2,1-2H3,(H,20,21). The van der Waals surface area contributed by atoms with Gasteiger partial charge in [-0.3, -0.25) is 4.79 Å². The van der Waals surface area contributed by atoms with E-state index in [4.69, 9.17) is 4.42 Å². The molecule has 1 aromatic carbocycles. The van der Waals surface area contributed by atoms with Gasteiger partial charge in [-0.1, -0.05) is 19.9 Å². The molecule has 116 valence electrons. The number of carbonyl (C=O) groups is 1. The summed E-state index contributed by atoms with van der Waals surface area (Å²) in [7, 11) is 0. The number of fused-ring (bicyclic) bond motifs is 3. The molecule has 1 saturated carbocycles. The molecule has 0 spiro atoms. The Morgan fingerprint density at radius 2 is 2.23 bits per heavy atom. The van der Waals surface area contributed by atoms with Crippen LogP contribution in [0.4, 0.5) is 0 Å². The summed E-state index contributed by atoms with van der Waals surface area (Å²) in [6.45, 7) is 5.40. The van der Waals surface area contributed by atoms with Gasteiger partial charge in [0, 0.05) is 28.6 Å². The largest absolute Gasteiger partial charge is 0.464 e. The molecule has 4 nitrogen and oxygen atoms in total. The Bertz CT molecular complexity index is 719. The van der Waals surface area contributed by atoms with E-state index in [1.807, 2.05) is 18.2 Å². The molecule has 3 unspecified atom stereocenters. The number of carbonyl (C=O) groups excluding carboxylic acids is 1. The average molecular weight is 298 g/mol. The van der Waals surface area contributed by atoms with Gasteiger partial charge in [-0.25, -0.2) is 0 Å². The maximum Gasteiger partial charge on any atom is 0.251 e. The van der Waals surface area contributed by atoms with Crippen LogP contribution in [-0.4, -0.2) is 24.5 Å². The molecule has 4 heteroatoms. The van der Waals surface area contributed by atoms with Crippen LogP contribution in [0.3, 0.4) is 0 Å². The second-order valence-electron chi connectivity index (χ2n) is 6.99. The molecule has 22 heavy (non-hydrogen) atoms. The van der Waals surface area contributed by atoms with E-state index >= 15 is 0 Å². The molecule has 2 N–H and O–H groups in total. The van der Waals surface area contributed by atoms with Crippen LogP contribution in [0.15, 0.2) is 28.9 Å². The van der Waals surface area contributed by atoms with Crippen LogP contribution in [0.5, 0.6) is 0 Å². The average Bonchev–Trinajstić information content (AvgIpc) is 3.20. The zero-order chi connectivity index (χ0) is 15.3. The molecule has 2 fully saturated rings. The van der Waals surface area contributed by atoms with Crippen LogP contribution < -0.4 is 10.6 Å². The molecule has 1 aromatic heterocycles. The zero-order valence-corrected chi connectivity index (χ0v) is 13.1. The summed E-state index contributed by atoms with van der Waals surface area (Å²) < 4.78 is 5.63. The fourth-order valence-electron chi connectivity index (χ4n) is 3.90. The lowest BCUT2D eigenvalue weighted by atomic mass is 10.0. The second-order valence-corrected chi connectivity index (χ2v) is 6.99. The smallest absolute Gasteiger partial charge is 0.251 e. The van der Waals surface area contributed by atoms with E-state index in [0.29, 0.717) is 17.5 Å². The highest BCUT2D eigenvalue weighted by atomic mass is 16.3. The van der Waals surface area contributed by atoms with Crippen LogP contribution in [-0.2, 0) is 0 Å². The van der Waals surface area contributed by atoms with Gasteiger partial charge in [-0.05, 0) is 43.4 Å². The van der Waals surface area contributed by atoms with Crippen molar-refractivity contribution in [2.24, 2.45) is 5.92 Å². The topological polar surface area (TPSA) is 54.3 Å². The van der Waals surface area contributed by atoms with Crippen molar-refractivity contribution >= 4 is 16.9 Å². The van der Waals surface area contributed by atoms with Crippen molar-refractivity contribution in [3.8, 4) is 0 Å². The van der Waals surface area contributed by atoms with Crippen molar-refractivity contribution in [3.05, 3.63) is 35.6 Å². The molecule has 2 heterocycles. The van der Waals surface area contributed by atoms with Gasteiger partial charge in [0.15, 0.2) is 0 Å². The molecule has 1 amide bonds. The third-order valence-corrected chi connectivity index (χ3v) is 5.14. The van der Waals surface area contributed by atoms with Gasteiger partial charge in [0.1, 0.15) is 5.58 Å². The molecular weight excluding hydrogens is 276 g/mol. The quantitative estimate of drug-likeness (QED) is 0.916. The zero-order valence-electron chi connectivity index (χ0n) is 13.1. The molecule has 4 rings (SSSR count). The maximum absolute atomic E-state index is 12.5. The number of hydrogen-bond donors (Lipinski definition) is 2. The van der Waals surface area contributed by atoms with Gasteiger partial charge in [0.05, 0.1) is 6.26 Å². The van der Waals surface area contributed by atoms with E-state index < -0.39 is 0 Å². The van der Waals surface area contributed by atoms with Crippen molar-refractivity contribution in [1.29, 1.82) is 0 Å². The highest BCUT2D eigenvalue weighted by Crippen LogP contribution is 2.32. The minimum Gasteiger partial charge on any atom is -0.464 e. The Kier molecular flexibility index (Phi) is 3.22. The molecule has 1 aliphatic carbocycles. The normalized spacial score (nSPS) is 27.0. The van der Waals surface area contributed by atoms with E-state index in [2.05, 4.69) is 24.5 Å². The fourth-order valence-corrected chi connectivity index (χ4v) is 3.90. The maximum atomic E-state index is 12.5. The van der Waals surface area contributed by atoms with E-state index in [1.54, 1.807) is 6.26 Å². The lowest BCUT2D eigenvalue weighted by Crippen LogP contribution is -2.47. The molecule has 3 atom stereocenters. The predicted molar refractivity (Wildman–Crippen MR) is 86.1 cm³/mol. The highest BCUT2D eigenvalue weighted by molar-refractivity contribution is 5.98. The second kappa shape index (κ2) is 5.13. The Labute approximate surface area is 130 Å². The number of nitrogens with one attached hydrogen (secondary N) is 2. The SMILES string of the molecule is CC(C)c1coc2cc(C(=O)NC3CC4CNC3C4)ccc12. The number of hydrogen-bond acceptors (Lipinski definition) is 3. The monoisotopic (exact) mass is 298 g/mol. The summed E-state index contributed by atoms with van der Waals surface area (Å²) in [6, 6.07) is 6.48.